The summed E-state index contributed by atoms with van der Waals surface area (Å²) >= 11 is 5.95. The number of benzene rings is 1. The van der Waals surface area contributed by atoms with Gasteiger partial charge in [0.05, 0.1) is 26.2 Å². The number of alkyl halides is 2. The summed E-state index contributed by atoms with van der Waals surface area (Å²) in [5.74, 6) is -4.57. The Balaban J connectivity index is 0.00000256. The zero-order valence-corrected chi connectivity index (χ0v) is 19.6. The number of rotatable bonds is 4. The van der Waals surface area contributed by atoms with E-state index in [1.807, 2.05) is 0 Å². The van der Waals surface area contributed by atoms with Crippen LogP contribution in [0.5, 0.6) is 0 Å². The molecular formula is C22H29BrClF2NO3. The maximum atomic E-state index is 13.9. The van der Waals surface area contributed by atoms with Gasteiger partial charge in [0.2, 0.25) is 5.92 Å². The smallest absolute Gasteiger partial charge is 0.343 e. The summed E-state index contributed by atoms with van der Waals surface area (Å²) in [5.41, 5.74) is -1.82. The normalized spacial score (nSPS) is 33.4. The first-order valence-electron chi connectivity index (χ1n) is 10.4. The molecule has 4 atom stereocenters. The minimum atomic E-state index is -2.88. The lowest BCUT2D eigenvalue weighted by atomic mass is 9.80. The third-order valence-corrected chi connectivity index (χ3v) is 7.90. The maximum absolute atomic E-state index is 13.9. The molecule has 4 nitrogen and oxygen atoms in total. The zero-order chi connectivity index (χ0) is 21.0. The van der Waals surface area contributed by atoms with Crippen molar-refractivity contribution in [3.05, 3.63) is 34.9 Å². The van der Waals surface area contributed by atoms with Crippen LogP contribution >= 0.6 is 11.6 Å². The lowest BCUT2D eigenvalue weighted by Gasteiger charge is -2.44. The van der Waals surface area contributed by atoms with Gasteiger partial charge >= 0.3 is 5.97 Å². The van der Waals surface area contributed by atoms with E-state index in [1.165, 1.54) is 12.1 Å². The van der Waals surface area contributed by atoms with Crippen molar-refractivity contribution in [3.8, 4) is 0 Å². The predicted molar refractivity (Wildman–Crippen MR) is 106 cm³/mol. The molecule has 1 aliphatic carbocycles. The van der Waals surface area contributed by atoms with Crippen molar-refractivity contribution in [3.63, 3.8) is 0 Å². The van der Waals surface area contributed by atoms with Gasteiger partial charge in [0.15, 0.2) is 5.60 Å². The van der Waals surface area contributed by atoms with Crippen LogP contribution in [0.3, 0.4) is 0 Å². The second-order valence-corrected chi connectivity index (χ2v) is 10.0. The molecule has 0 spiro atoms. The number of halogens is 4. The summed E-state index contributed by atoms with van der Waals surface area (Å²) < 4.78 is 34.6. The molecule has 0 aromatic heterocycles. The molecule has 2 aliphatic heterocycles. The quantitative estimate of drug-likeness (QED) is 0.492. The number of fused-ring (bicyclic) bond motifs is 2. The number of ether oxygens (including phenoxy) is 1. The summed E-state index contributed by atoms with van der Waals surface area (Å²) in [6, 6.07) is 7.03. The van der Waals surface area contributed by atoms with Crippen LogP contribution in [0.4, 0.5) is 8.78 Å². The van der Waals surface area contributed by atoms with Crippen molar-refractivity contribution in [2.75, 3.05) is 14.1 Å². The van der Waals surface area contributed by atoms with Gasteiger partial charge < -0.3 is 31.3 Å². The van der Waals surface area contributed by atoms with Crippen molar-refractivity contribution < 1.29 is 44.9 Å². The van der Waals surface area contributed by atoms with Crippen molar-refractivity contribution in [1.29, 1.82) is 0 Å². The van der Waals surface area contributed by atoms with Crippen molar-refractivity contribution >= 4 is 17.6 Å². The van der Waals surface area contributed by atoms with Gasteiger partial charge in [-0.25, -0.2) is 13.6 Å². The molecule has 1 saturated carbocycles. The van der Waals surface area contributed by atoms with Crippen LogP contribution in [-0.2, 0) is 15.1 Å². The highest BCUT2D eigenvalue weighted by Crippen LogP contribution is 2.49. The van der Waals surface area contributed by atoms with Gasteiger partial charge in [0.1, 0.15) is 6.10 Å². The van der Waals surface area contributed by atoms with Crippen LogP contribution in [0.1, 0.15) is 50.5 Å². The molecule has 1 N–H and O–H groups in total. The molecule has 1 aromatic carbocycles. The second-order valence-electron chi connectivity index (χ2n) is 9.58. The molecule has 2 saturated heterocycles. The molecule has 0 radical (unpaired) electrons. The third kappa shape index (κ3) is 4.15. The number of aliphatic hydroxyl groups is 1. The van der Waals surface area contributed by atoms with E-state index in [1.54, 1.807) is 12.1 Å². The molecule has 2 unspecified atom stereocenters. The van der Waals surface area contributed by atoms with Gasteiger partial charge in [-0.15, -0.1) is 0 Å². The first kappa shape index (κ1) is 23.9. The van der Waals surface area contributed by atoms with Crippen LogP contribution in [-0.4, -0.2) is 53.8 Å². The molecule has 0 amide bonds. The topological polar surface area (TPSA) is 46.5 Å². The minimum Gasteiger partial charge on any atom is -1.00 e. The highest BCUT2D eigenvalue weighted by atomic mass is 79.9. The fourth-order valence-electron chi connectivity index (χ4n) is 5.70. The predicted octanol–water partition coefficient (Wildman–Crippen LogP) is 1.28. The molecule has 3 aliphatic rings. The number of hydrogen-bond acceptors (Lipinski definition) is 3. The summed E-state index contributed by atoms with van der Waals surface area (Å²) in [5, 5.41) is 11.9. The highest BCUT2D eigenvalue weighted by molar-refractivity contribution is 6.30. The zero-order valence-electron chi connectivity index (χ0n) is 17.3. The molecule has 168 valence electrons. The summed E-state index contributed by atoms with van der Waals surface area (Å²) in [6.45, 7) is 0. The van der Waals surface area contributed by atoms with Gasteiger partial charge in [-0.1, -0.05) is 23.7 Å². The van der Waals surface area contributed by atoms with Gasteiger partial charge in [-0.2, -0.15) is 0 Å². The average Bonchev–Trinajstić information content (AvgIpc) is 3.04. The second kappa shape index (κ2) is 8.30. The Hall–Kier alpha value is -0.760. The fraction of sp³-hybridized carbons (Fsp3) is 0.682. The van der Waals surface area contributed by atoms with E-state index in [-0.39, 0.29) is 41.5 Å². The van der Waals surface area contributed by atoms with Crippen LogP contribution in [0, 0.1) is 5.92 Å². The largest absolute Gasteiger partial charge is 1.00 e. The Morgan fingerprint density at radius 3 is 2.23 bits per heavy atom. The minimum absolute atomic E-state index is 0. The molecule has 4 rings (SSSR count). The van der Waals surface area contributed by atoms with Crippen LogP contribution in [0.15, 0.2) is 24.3 Å². The highest BCUT2D eigenvalue weighted by Gasteiger charge is 2.56. The lowest BCUT2D eigenvalue weighted by molar-refractivity contribution is -0.931. The number of piperidine rings is 1. The lowest BCUT2D eigenvalue weighted by Crippen LogP contribution is -3.00. The Morgan fingerprint density at radius 2 is 1.73 bits per heavy atom. The van der Waals surface area contributed by atoms with Crippen LogP contribution in [0.25, 0.3) is 0 Å². The van der Waals surface area contributed by atoms with Gasteiger partial charge in [-0.3, -0.25) is 0 Å². The SMILES string of the molecule is C[N+]1(C)C2CCC1CC(OC(=O)[C@](O)(c1ccc(Cl)cc1)[C@@H]1CCC(F)(F)C1)C2.[Br-]. The number of nitrogens with zero attached hydrogens (tertiary/aromatic N) is 1. The van der Waals surface area contributed by atoms with Gasteiger partial charge in [0, 0.05) is 49.5 Å². The van der Waals surface area contributed by atoms with Crippen molar-refractivity contribution in [1.82, 2.24) is 0 Å². The summed E-state index contributed by atoms with van der Waals surface area (Å²) in [4.78, 5) is 13.3. The van der Waals surface area contributed by atoms with Gasteiger partial charge in [-0.05, 0) is 24.1 Å². The van der Waals surface area contributed by atoms with E-state index in [9.17, 15) is 18.7 Å². The fourth-order valence-corrected chi connectivity index (χ4v) is 5.82. The van der Waals surface area contributed by atoms with E-state index in [4.69, 9.17) is 16.3 Å². The van der Waals surface area contributed by atoms with Crippen LogP contribution < -0.4 is 17.0 Å². The standard InChI is InChI=1S/C22H29ClF2NO3.BrH/c1-26(2)17-7-8-18(26)12-19(11-17)29-20(27)22(28,14-3-5-16(23)6-4-14)15-9-10-21(24,25)13-15;/h3-6,15,17-19,28H,7-13H2,1-2H3;1H/q+1;/p-1/t15-,17?,18?,19?,22+;/m1./s1. The Labute approximate surface area is 191 Å². The molecule has 3 fully saturated rings. The molecular weight excluding hydrogens is 480 g/mol. The Bertz CT molecular complexity index is 775. The average molecular weight is 509 g/mol. The van der Waals surface area contributed by atoms with Crippen LogP contribution in [0.2, 0.25) is 5.02 Å². The summed E-state index contributed by atoms with van der Waals surface area (Å²) in [6.07, 6.45) is 2.61. The maximum Gasteiger partial charge on any atom is 0.343 e. The van der Waals surface area contributed by atoms with Crippen molar-refractivity contribution in [2.24, 2.45) is 5.92 Å². The number of quaternary nitrogens is 1. The number of carbonyl (C=O) groups excluding carboxylic acids is 1. The monoisotopic (exact) mass is 507 g/mol. The molecule has 2 bridgehead atoms. The van der Waals surface area contributed by atoms with E-state index in [0.717, 1.165) is 30.2 Å². The molecule has 2 heterocycles. The number of carbonyl (C=O) groups is 1. The first-order chi connectivity index (χ1) is 13.5. The number of esters is 1. The molecule has 8 heteroatoms. The van der Waals surface area contributed by atoms with E-state index in [0.29, 0.717) is 17.1 Å². The Kier molecular flexibility index (Phi) is 6.61. The van der Waals surface area contributed by atoms with E-state index in [2.05, 4.69) is 14.1 Å². The first-order valence-corrected chi connectivity index (χ1v) is 10.8. The third-order valence-electron chi connectivity index (χ3n) is 7.65. The van der Waals surface area contributed by atoms with E-state index >= 15 is 0 Å². The van der Waals surface area contributed by atoms with Crippen molar-refractivity contribution in [2.45, 2.75) is 74.7 Å². The number of hydrogen-bond donors (Lipinski definition) is 1. The summed E-state index contributed by atoms with van der Waals surface area (Å²) in [7, 11) is 4.43. The molecule has 30 heavy (non-hydrogen) atoms. The van der Waals surface area contributed by atoms with Gasteiger partial charge in [0.25, 0.3) is 0 Å². The Morgan fingerprint density at radius 1 is 1.17 bits per heavy atom. The molecule has 1 aromatic rings. The van der Waals surface area contributed by atoms with E-state index < -0.39 is 29.8 Å².